The van der Waals surface area contributed by atoms with Crippen LogP contribution in [0.3, 0.4) is 0 Å². The Morgan fingerprint density at radius 1 is 0.829 bits per heavy atom. The third-order valence-electron chi connectivity index (χ3n) is 5.59. The summed E-state index contributed by atoms with van der Waals surface area (Å²) >= 11 is 0. The molecule has 3 rings (SSSR count). The number of methoxy groups -OCH3 is 2. The number of ether oxygens (including phenoxy) is 4. The van der Waals surface area contributed by atoms with Gasteiger partial charge in [0.2, 0.25) is 0 Å². The van der Waals surface area contributed by atoms with Crippen molar-refractivity contribution in [3.8, 4) is 23.0 Å². The molecule has 1 fully saturated rings. The smallest absolute Gasteiger partial charge is 0.338 e. The van der Waals surface area contributed by atoms with Gasteiger partial charge in [-0.05, 0) is 36.4 Å². The SMILES string of the molecule is COc1cc(C(=O)OC2CC(O)(C(=O)O)CC(OC(=O)c3ccc(O)c(OC)c3)C2O)ccc1O. The number of aromatic hydroxyl groups is 2. The lowest BCUT2D eigenvalue weighted by Crippen LogP contribution is -2.58. The number of aliphatic hydroxyl groups is 2. The fourth-order valence-corrected chi connectivity index (χ4v) is 3.65. The maximum atomic E-state index is 12.6. The van der Waals surface area contributed by atoms with Gasteiger partial charge >= 0.3 is 17.9 Å². The van der Waals surface area contributed by atoms with E-state index in [1.807, 2.05) is 0 Å². The van der Waals surface area contributed by atoms with E-state index in [0.717, 1.165) is 0 Å². The Morgan fingerprint density at radius 2 is 1.23 bits per heavy atom. The van der Waals surface area contributed by atoms with E-state index in [1.165, 1.54) is 50.6 Å². The van der Waals surface area contributed by atoms with Gasteiger partial charge in [-0.3, -0.25) is 0 Å². The molecule has 12 heteroatoms. The van der Waals surface area contributed by atoms with Crippen molar-refractivity contribution < 1.29 is 58.9 Å². The van der Waals surface area contributed by atoms with Crippen molar-refractivity contribution >= 4 is 17.9 Å². The molecule has 5 N–H and O–H groups in total. The van der Waals surface area contributed by atoms with E-state index in [-0.39, 0.29) is 34.1 Å². The van der Waals surface area contributed by atoms with Crippen LogP contribution in [-0.2, 0) is 14.3 Å². The molecule has 1 aliphatic carbocycles. The Hall–Kier alpha value is -4.03. The van der Waals surface area contributed by atoms with Crippen molar-refractivity contribution in [1.82, 2.24) is 0 Å². The van der Waals surface area contributed by atoms with E-state index in [4.69, 9.17) is 18.9 Å². The lowest BCUT2D eigenvalue weighted by molar-refractivity contribution is -0.187. The number of esters is 2. The number of hydrogen-bond acceptors (Lipinski definition) is 11. The number of rotatable bonds is 7. The van der Waals surface area contributed by atoms with Crippen molar-refractivity contribution in [3.05, 3.63) is 47.5 Å². The predicted molar refractivity (Wildman–Crippen MR) is 116 cm³/mol. The molecule has 188 valence electrons. The number of aliphatic carboxylic acids is 1. The molecule has 35 heavy (non-hydrogen) atoms. The second-order valence-corrected chi connectivity index (χ2v) is 7.90. The molecule has 0 spiro atoms. The van der Waals surface area contributed by atoms with Gasteiger partial charge in [0.25, 0.3) is 0 Å². The summed E-state index contributed by atoms with van der Waals surface area (Å²) in [5.74, 6) is -4.20. The van der Waals surface area contributed by atoms with E-state index in [0.29, 0.717) is 0 Å². The summed E-state index contributed by atoms with van der Waals surface area (Å²) in [6, 6.07) is 7.13. The number of carboxylic acids is 1. The molecular formula is C23H24O12. The summed E-state index contributed by atoms with van der Waals surface area (Å²) in [7, 11) is 2.54. The van der Waals surface area contributed by atoms with Crippen LogP contribution in [0.5, 0.6) is 23.0 Å². The Kier molecular flexibility index (Phi) is 7.37. The van der Waals surface area contributed by atoms with Gasteiger partial charge in [0.15, 0.2) is 28.6 Å². The highest BCUT2D eigenvalue weighted by Gasteiger charge is 2.52. The lowest BCUT2D eigenvalue weighted by Gasteiger charge is -2.40. The monoisotopic (exact) mass is 492 g/mol. The molecule has 0 aliphatic heterocycles. The highest BCUT2D eigenvalue weighted by atomic mass is 16.6. The van der Waals surface area contributed by atoms with Crippen LogP contribution < -0.4 is 9.47 Å². The molecule has 12 nitrogen and oxygen atoms in total. The zero-order valence-corrected chi connectivity index (χ0v) is 18.7. The molecule has 2 atom stereocenters. The highest BCUT2D eigenvalue weighted by Crippen LogP contribution is 2.35. The van der Waals surface area contributed by atoms with Crippen molar-refractivity contribution in [2.75, 3.05) is 14.2 Å². The minimum absolute atomic E-state index is 0.0261. The molecule has 0 saturated heterocycles. The summed E-state index contributed by atoms with van der Waals surface area (Å²) < 4.78 is 20.4. The number of phenolic OH excluding ortho intramolecular Hbond substituents is 2. The van der Waals surface area contributed by atoms with E-state index in [9.17, 15) is 39.9 Å². The third kappa shape index (κ3) is 5.39. The molecule has 2 aromatic carbocycles. The maximum absolute atomic E-state index is 12.6. The Labute approximate surface area is 198 Å². The van der Waals surface area contributed by atoms with Crippen LogP contribution in [0.4, 0.5) is 0 Å². The second kappa shape index (κ2) is 10.1. The zero-order chi connectivity index (χ0) is 25.9. The Bertz CT molecular complexity index is 1050. The van der Waals surface area contributed by atoms with Gasteiger partial charge in [-0.2, -0.15) is 0 Å². The molecule has 0 amide bonds. The van der Waals surface area contributed by atoms with Crippen LogP contribution >= 0.6 is 0 Å². The van der Waals surface area contributed by atoms with Crippen molar-refractivity contribution in [1.29, 1.82) is 0 Å². The quantitative estimate of drug-likeness (QED) is 0.343. The van der Waals surface area contributed by atoms with Gasteiger partial charge in [-0.1, -0.05) is 0 Å². The standard InChI is InChI=1S/C23H24O12/c1-32-15-7-11(3-5-13(15)24)20(27)34-17-9-23(31,22(29)30)10-18(19(17)26)35-21(28)12-4-6-14(25)16(8-12)33-2/h3-8,17-19,24-26,31H,9-10H2,1-2H3,(H,29,30). The van der Waals surface area contributed by atoms with Crippen LogP contribution in [0.2, 0.25) is 0 Å². The molecule has 1 saturated carbocycles. The lowest BCUT2D eigenvalue weighted by atomic mass is 9.79. The predicted octanol–water partition coefficient (Wildman–Crippen LogP) is 0.836. The molecule has 2 aromatic rings. The van der Waals surface area contributed by atoms with Gasteiger partial charge in [-0.25, -0.2) is 14.4 Å². The summed E-state index contributed by atoms with van der Waals surface area (Å²) in [6.45, 7) is 0. The highest BCUT2D eigenvalue weighted by molar-refractivity contribution is 5.91. The topological polar surface area (TPSA) is 189 Å². The van der Waals surface area contributed by atoms with Crippen molar-refractivity contribution in [2.45, 2.75) is 36.8 Å². The first-order valence-electron chi connectivity index (χ1n) is 10.3. The molecule has 2 unspecified atom stereocenters. The zero-order valence-electron chi connectivity index (χ0n) is 18.7. The van der Waals surface area contributed by atoms with Gasteiger partial charge in [0.1, 0.15) is 18.3 Å². The van der Waals surface area contributed by atoms with Gasteiger partial charge in [0, 0.05) is 12.8 Å². The summed E-state index contributed by atoms with van der Waals surface area (Å²) in [5, 5.41) is 50.2. The third-order valence-corrected chi connectivity index (χ3v) is 5.59. The van der Waals surface area contributed by atoms with Gasteiger partial charge in [-0.15, -0.1) is 0 Å². The minimum atomic E-state index is -2.48. The van der Waals surface area contributed by atoms with Gasteiger partial charge in [0.05, 0.1) is 25.3 Å². The largest absolute Gasteiger partial charge is 0.504 e. The fraction of sp³-hybridized carbons (Fsp3) is 0.348. The average Bonchev–Trinajstić information content (AvgIpc) is 2.82. The Morgan fingerprint density at radius 3 is 1.57 bits per heavy atom. The van der Waals surface area contributed by atoms with E-state index in [1.54, 1.807) is 0 Å². The number of carbonyl (C=O) groups excluding carboxylic acids is 2. The summed E-state index contributed by atoms with van der Waals surface area (Å²) in [4.78, 5) is 37.0. The summed E-state index contributed by atoms with van der Waals surface area (Å²) in [6.07, 6.45) is -6.16. The van der Waals surface area contributed by atoms with Crippen molar-refractivity contribution in [2.24, 2.45) is 0 Å². The Balaban J connectivity index is 1.83. The fourth-order valence-electron chi connectivity index (χ4n) is 3.65. The van der Waals surface area contributed by atoms with E-state index >= 15 is 0 Å². The van der Waals surface area contributed by atoms with Crippen LogP contribution in [0.15, 0.2) is 36.4 Å². The maximum Gasteiger partial charge on any atom is 0.338 e. The molecular weight excluding hydrogens is 468 g/mol. The van der Waals surface area contributed by atoms with Crippen molar-refractivity contribution in [3.63, 3.8) is 0 Å². The molecule has 0 aromatic heterocycles. The number of carboxylic acid groups (broad SMARTS) is 1. The summed E-state index contributed by atoms with van der Waals surface area (Å²) in [5.41, 5.74) is -2.64. The first-order valence-corrected chi connectivity index (χ1v) is 10.3. The van der Waals surface area contributed by atoms with Crippen LogP contribution in [-0.4, -0.2) is 81.6 Å². The molecule has 0 radical (unpaired) electrons. The van der Waals surface area contributed by atoms with E-state index in [2.05, 4.69) is 0 Å². The number of carbonyl (C=O) groups is 3. The number of benzene rings is 2. The first kappa shape index (κ1) is 25.6. The normalized spacial score (nSPS) is 23.7. The molecule has 1 aliphatic rings. The molecule has 0 bridgehead atoms. The van der Waals surface area contributed by atoms with E-state index < -0.39 is 54.7 Å². The second-order valence-electron chi connectivity index (χ2n) is 7.90. The van der Waals surface area contributed by atoms with Crippen LogP contribution in [0.25, 0.3) is 0 Å². The number of phenols is 2. The minimum Gasteiger partial charge on any atom is -0.504 e. The first-order chi connectivity index (χ1) is 16.5. The van der Waals surface area contributed by atoms with Crippen LogP contribution in [0.1, 0.15) is 33.6 Å². The van der Waals surface area contributed by atoms with Gasteiger partial charge < -0.3 is 44.5 Å². The number of aliphatic hydroxyl groups excluding tert-OH is 1. The van der Waals surface area contributed by atoms with Crippen LogP contribution in [0, 0.1) is 0 Å². The number of hydrogen-bond donors (Lipinski definition) is 5. The molecule has 0 heterocycles. The average molecular weight is 492 g/mol.